The number of amides is 2. The van der Waals surface area contributed by atoms with E-state index < -0.39 is 12.0 Å². The maximum atomic E-state index is 12.8. The zero-order valence-electron chi connectivity index (χ0n) is 14.9. The molecule has 6 heteroatoms. The summed E-state index contributed by atoms with van der Waals surface area (Å²) in [5.41, 5.74) is 4.04. The molecule has 1 atom stereocenters. The molecule has 2 aromatic rings. The van der Waals surface area contributed by atoms with Crippen molar-refractivity contribution in [3.63, 3.8) is 0 Å². The van der Waals surface area contributed by atoms with Crippen molar-refractivity contribution in [2.24, 2.45) is 0 Å². The lowest BCUT2D eigenvalue weighted by atomic mass is 10.1. The second-order valence-corrected chi connectivity index (χ2v) is 6.57. The number of hydrogen-bond donors (Lipinski definition) is 2. The Balaban J connectivity index is 1.88. The highest BCUT2D eigenvalue weighted by molar-refractivity contribution is 6.23. The van der Waals surface area contributed by atoms with Gasteiger partial charge in [-0.15, -0.1) is 0 Å². The molecule has 2 aromatic carbocycles. The number of nitrogens with zero attached hydrogens (tertiary/aromatic N) is 1. The summed E-state index contributed by atoms with van der Waals surface area (Å²) in [6, 6.07) is 9.52. The van der Waals surface area contributed by atoms with Gasteiger partial charge in [0.1, 0.15) is 6.04 Å². The van der Waals surface area contributed by atoms with Gasteiger partial charge in [0, 0.05) is 5.69 Å². The van der Waals surface area contributed by atoms with Gasteiger partial charge in [-0.25, -0.2) is 9.69 Å². The number of aryl methyl sites for hydroxylation is 3. The maximum Gasteiger partial charge on any atom is 0.335 e. The van der Waals surface area contributed by atoms with E-state index in [1.807, 2.05) is 32.0 Å². The molecule has 1 aliphatic heterocycles. The van der Waals surface area contributed by atoms with Gasteiger partial charge in [-0.2, -0.15) is 0 Å². The molecule has 0 aliphatic carbocycles. The largest absolute Gasteiger partial charge is 0.478 e. The second kappa shape index (κ2) is 6.63. The van der Waals surface area contributed by atoms with Crippen LogP contribution in [0.4, 0.5) is 11.4 Å². The number of anilines is 2. The summed E-state index contributed by atoms with van der Waals surface area (Å²) in [5.74, 6) is -1.82. The Labute approximate surface area is 151 Å². The smallest absolute Gasteiger partial charge is 0.335 e. The molecule has 1 fully saturated rings. The average Bonchev–Trinajstić information content (AvgIpc) is 2.85. The number of carboxylic acids is 1. The molecule has 0 spiro atoms. The third-order valence-corrected chi connectivity index (χ3v) is 4.69. The molecule has 2 amide bonds. The van der Waals surface area contributed by atoms with Gasteiger partial charge < -0.3 is 10.4 Å². The fraction of sp³-hybridized carbons (Fsp3) is 0.250. The minimum absolute atomic E-state index is 0.0303. The van der Waals surface area contributed by atoms with Crippen molar-refractivity contribution in [2.45, 2.75) is 33.2 Å². The topological polar surface area (TPSA) is 86.7 Å². The number of benzene rings is 2. The van der Waals surface area contributed by atoms with Crippen LogP contribution >= 0.6 is 0 Å². The molecular formula is C20H20N2O4. The van der Waals surface area contributed by atoms with Gasteiger partial charge in [-0.3, -0.25) is 9.59 Å². The summed E-state index contributed by atoms with van der Waals surface area (Å²) in [6.07, 6.45) is 0.0303. The van der Waals surface area contributed by atoms with Gasteiger partial charge in [0.15, 0.2) is 0 Å². The first-order chi connectivity index (χ1) is 12.3. The third-order valence-electron chi connectivity index (χ3n) is 4.69. The monoisotopic (exact) mass is 352 g/mol. The molecule has 0 unspecified atom stereocenters. The predicted molar refractivity (Wildman–Crippen MR) is 98.6 cm³/mol. The minimum atomic E-state index is -1.10. The van der Waals surface area contributed by atoms with Crippen LogP contribution in [0.5, 0.6) is 0 Å². The molecule has 0 bridgehead atoms. The molecular weight excluding hydrogens is 332 g/mol. The van der Waals surface area contributed by atoms with Gasteiger partial charge in [0.2, 0.25) is 5.91 Å². The van der Waals surface area contributed by atoms with Crippen molar-refractivity contribution in [2.75, 3.05) is 10.2 Å². The number of aromatic carboxylic acids is 1. The van der Waals surface area contributed by atoms with Gasteiger partial charge >= 0.3 is 5.97 Å². The number of rotatable bonds is 4. The van der Waals surface area contributed by atoms with E-state index in [1.54, 1.807) is 13.0 Å². The van der Waals surface area contributed by atoms with Crippen LogP contribution in [0, 0.1) is 20.8 Å². The highest BCUT2D eigenvalue weighted by Crippen LogP contribution is 2.29. The first-order valence-electron chi connectivity index (χ1n) is 8.32. The second-order valence-electron chi connectivity index (χ2n) is 6.57. The number of carboxylic acid groups (broad SMARTS) is 1. The lowest BCUT2D eigenvalue weighted by Gasteiger charge is -2.19. The maximum absolute atomic E-state index is 12.8. The molecule has 1 saturated heterocycles. The Kier molecular flexibility index (Phi) is 4.50. The Morgan fingerprint density at radius 2 is 1.73 bits per heavy atom. The van der Waals surface area contributed by atoms with E-state index in [1.165, 1.54) is 12.1 Å². The summed E-state index contributed by atoms with van der Waals surface area (Å²) in [4.78, 5) is 37.5. The van der Waals surface area contributed by atoms with Crippen molar-refractivity contribution >= 4 is 29.2 Å². The average molecular weight is 352 g/mol. The van der Waals surface area contributed by atoms with E-state index in [4.69, 9.17) is 5.11 Å². The van der Waals surface area contributed by atoms with E-state index in [0.717, 1.165) is 21.7 Å². The van der Waals surface area contributed by atoms with Crippen LogP contribution in [0.15, 0.2) is 36.4 Å². The summed E-state index contributed by atoms with van der Waals surface area (Å²) in [5, 5.41) is 12.3. The molecule has 0 saturated carbocycles. The van der Waals surface area contributed by atoms with Crippen molar-refractivity contribution in [3.05, 3.63) is 58.7 Å². The molecule has 1 aliphatic rings. The quantitative estimate of drug-likeness (QED) is 0.826. The van der Waals surface area contributed by atoms with Crippen molar-refractivity contribution in [1.29, 1.82) is 0 Å². The summed E-state index contributed by atoms with van der Waals surface area (Å²) >= 11 is 0. The minimum Gasteiger partial charge on any atom is -0.478 e. The SMILES string of the molecule is Cc1ccc(N[C@H]2CC(=O)N(c3cc(C(=O)O)ccc3C)C2=O)cc1C. The van der Waals surface area contributed by atoms with E-state index in [-0.39, 0.29) is 23.8 Å². The number of carbonyl (C=O) groups excluding carboxylic acids is 2. The van der Waals surface area contributed by atoms with Crippen LogP contribution in [0.25, 0.3) is 0 Å². The van der Waals surface area contributed by atoms with Crippen molar-refractivity contribution < 1.29 is 19.5 Å². The van der Waals surface area contributed by atoms with E-state index >= 15 is 0 Å². The summed E-state index contributed by atoms with van der Waals surface area (Å²) in [6.45, 7) is 5.73. The Morgan fingerprint density at radius 1 is 1.04 bits per heavy atom. The first kappa shape index (κ1) is 17.7. The zero-order valence-corrected chi connectivity index (χ0v) is 14.9. The van der Waals surface area contributed by atoms with Gasteiger partial charge in [0.25, 0.3) is 5.91 Å². The lowest BCUT2D eigenvalue weighted by molar-refractivity contribution is -0.121. The summed E-state index contributed by atoms with van der Waals surface area (Å²) in [7, 11) is 0. The molecule has 26 heavy (non-hydrogen) atoms. The highest BCUT2D eigenvalue weighted by atomic mass is 16.4. The molecule has 134 valence electrons. The molecule has 0 aromatic heterocycles. The standard InChI is InChI=1S/C20H20N2O4/c1-11-5-7-15(8-13(11)3)21-16-10-18(23)22(19(16)24)17-9-14(20(25)26)6-4-12(17)2/h4-9,16,21H,10H2,1-3H3,(H,25,26)/t16-/m0/s1. The molecule has 1 heterocycles. The van der Waals surface area contributed by atoms with Crippen LogP contribution in [0.1, 0.15) is 33.5 Å². The fourth-order valence-electron chi connectivity index (χ4n) is 3.01. The van der Waals surface area contributed by atoms with E-state index in [9.17, 15) is 14.4 Å². The van der Waals surface area contributed by atoms with Crippen LogP contribution in [0.2, 0.25) is 0 Å². The molecule has 0 radical (unpaired) electrons. The Hall–Kier alpha value is -3.15. The Morgan fingerprint density at radius 3 is 2.38 bits per heavy atom. The number of nitrogens with one attached hydrogen (secondary N) is 1. The third kappa shape index (κ3) is 3.18. The van der Waals surface area contributed by atoms with Crippen LogP contribution < -0.4 is 10.2 Å². The van der Waals surface area contributed by atoms with Crippen molar-refractivity contribution in [3.8, 4) is 0 Å². The zero-order chi connectivity index (χ0) is 19.0. The molecule has 3 rings (SSSR count). The van der Waals surface area contributed by atoms with Gasteiger partial charge in [-0.1, -0.05) is 12.1 Å². The normalized spacial score (nSPS) is 16.9. The van der Waals surface area contributed by atoms with E-state index in [2.05, 4.69) is 5.32 Å². The lowest BCUT2D eigenvalue weighted by Crippen LogP contribution is -2.35. The van der Waals surface area contributed by atoms with Crippen molar-refractivity contribution in [1.82, 2.24) is 0 Å². The molecule has 2 N–H and O–H groups in total. The fourth-order valence-corrected chi connectivity index (χ4v) is 3.01. The summed E-state index contributed by atoms with van der Waals surface area (Å²) < 4.78 is 0. The number of hydrogen-bond acceptors (Lipinski definition) is 4. The van der Waals surface area contributed by atoms with Crippen LogP contribution in [-0.4, -0.2) is 28.9 Å². The Bertz CT molecular complexity index is 920. The highest BCUT2D eigenvalue weighted by Gasteiger charge is 2.40. The number of imide groups is 1. The first-order valence-corrected chi connectivity index (χ1v) is 8.32. The number of carbonyl (C=O) groups is 3. The predicted octanol–water partition coefficient (Wildman–Crippen LogP) is 3.05. The molecule has 6 nitrogen and oxygen atoms in total. The van der Waals surface area contributed by atoms with Gasteiger partial charge in [-0.05, 0) is 61.7 Å². The van der Waals surface area contributed by atoms with Crippen LogP contribution in [-0.2, 0) is 9.59 Å². The van der Waals surface area contributed by atoms with Crippen LogP contribution in [0.3, 0.4) is 0 Å². The van der Waals surface area contributed by atoms with E-state index in [0.29, 0.717) is 11.3 Å². The van der Waals surface area contributed by atoms with Gasteiger partial charge in [0.05, 0.1) is 17.7 Å².